The molecule has 1 aliphatic heterocycles. The molecule has 3 N–H and O–H groups in total. The van der Waals surface area contributed by atoms with E-state index in [1.807, 2.05) is 18.2 Å². The first-order valence-electron chi connectivity index (χ1n) is 6.64. The van der Waals surface area contributed by atoms with Gasteiger partial charge in [-0.25, -0.2) is 0 Å². The summed E-state index contributed by atoms with van der Waals surface area (Å²) in [5.74, 6) is 1.68. The molecule has 2 atom stereocenters. The lowest BCUT2D eigenvalue weighted by atomic mass is 10.1. The molecule has 0 spiro atoms. The fraction of sp³-hybridized carbons (Fsp3) is 0.500. The molecule has 0 bridgehead atoms. The Morgan fingerprint density at radius 3 is 2.85 bits per heavy atom. The third kappa shape index (κ3) is 3.16. The number of carbonyl (C=O) groups is 1. The van der Waals surface area contributed by atoms with Gasteiger partial charge in [-0.3, -0.25) is 4.79 Å². The van der Waals surface area contributed by atoms with Crippen molar-refractivity contribution in [1.29, 1.82) is 0 Å². The van der Waals surface area contributed by atoms with Gasteiger partial charge < -0.3 is 20.5 Å². The van der Waals surface area contributed by atoms with Crippen molar-refractivity contribution in [2.75, 3.05) is 6.79 Å². The first-order chi connectivity index (χ1) is 9.22. The molecule has 1 aromatic rings. The molecule has 2 unspecified atom stereocenters. The molecule has 1 heterocycles. The molecule has 0 aromatic heterocycles. The van der Waals surface area contributed by atoms with Crippen LogP contribution in [0.4, 0.5) is 0 Å². The molecule has 110 valence electrons. The molecule has 2 aliphatic rings. The van der Waals surface area contributed by atoms with Crippen LogP contribution in [0.25, 0.3) is 0 Å². The Bertz CT molecular complexity index is 495. The van der Waals surface area contributed by atoms with E-state index in [-0.39, 0.29) is 37.1 Å². The zero-order valence-electron chi connectivity index (χ0n) is 11.1. The first kappa shape index (κ1) is 14.9. The molecule has 1 fully saturated rings. The minimum absolute atomic E-state index is 0. The fourth-order valence-corrected chi connectivity index (χ4v) is 2.64. The Kier molecular flexibility index (Phi) is 4.73. The second-order valence-electron chi connectivity index (χ2n) is 5.18. The second-order valence-corrected chi connectivity index (χ2v) is 5.18. The van der Waals surface area contributed by atoms with Crippen LogP contribution in [-0.4, -0.2) is 18.7 Å². The van der Waals surface area contributed by atoms with Crippen molar-refractivity contribution in [2.24, 2.45) is 11.7 Å². The van der Waals surface area contributed by atoms with Crippen molar-refractivity contribution >= 4 is 18.3 Å². The quantitative estimate of drug-likeness (QED) is 0.888. The van der Waals surface area contributed by atoms with Crippen LogP contribution in [0.2, 0.25) is 0 Å². The number of ether oxygens (including phenoxy) is 2. The maximum atomic E-state index is 12.0. The number of amides is 1. The fourth-order valence-electron chi connectivity index (χ4n) is 2.64. The van der Waals surface area contributed by atoms with E-state index in [0.717, 1.165) is 36.3 Å². The van der Waals surface area contributed by atoms with Gasteiger partial charge in [-0.15, -0.1) is 12.4 Å². The van der Waals surface area contributed by atoms with E-state index in [9.17, 15) is 4.79 Å². The number of halogens is 1. The third-order valence-electron chi connectivity index (χ3n) is 3.75. The summed E-state index contributed by atoms with van der Waals surface area (Å²) in [5.41, 5.74) is 6.84. The lowest BCUT2D eigenvalue weighted by molar-refractivity contribution is -0.125. The maximum Gasteiger partial charge on any atom is 0.231 e. The van der Waals surface area contributed by atoms with Gasteiger partial charge in [-0.2, -0.15) is 0 Å². The molecule has 5 nitrogen and oxygen atoms in total. The number of carbonyl (C=O) groups excluding carboxylic acids is 1. The zero-order chi connectivity index (χ0) is 13.2. The van der Waals surface area contributed by atoms with Gasteiger partial charge in [-0.05, 0) is 37.0 Å². The Balaban J connectivity index is 0.00000147. The number of nitrogens with two attached hydrogens (primary N) is 1. The number of nitrogens with one attached hydrogen (secondary N) is 1. The predicted molar refractivity (Wildman–Crippen MR) is 77.0 cm³/mol. The lowest BCUT2D eigenvalue weighted by Crippen LogP contribution is -2.29. The van der Waals surface area contributed by atoms with Gasteiger partial charge in [0.05, 0.1) is 0 Å². The zero-order valence-corrected chi connectivity index (χ0v) is 11.9. The number of hydrogen-bond donors (Lipinski definition) is 2. The minimum atomic E-state index is 0. The summed E-state index contributed by atoms with van der Waals surface area (Å²) in [5, 5.41) is 2.96. The van der Waals surface area contributed by atoms with Crippen LogP contribution in [0, 0.1) is 5.92 Å². The Morgan fingerprint density at radius 2 is 2.10 bits per heavy atom. The second kappa shape index (κ2) is 6.33. The number of hydrogen-bond acceptors (Lipinski definition) is 4. The highest BCUT2D eigenvalue weighted by atomic mass is 35.5. The lowest BCUT2D eigenvalue weighted by Gasteiger charge is -2.11. The van der Waals surface area contributed by atoms with Crippen molar-refractivity contribution in [3.63, 3.8) is 0 Å². The predicted octanol–water partition coefficient (Wildman–Crippen LogP) is 1.58. The van der Waals surface area contributed by atoms with E-state index >= 15 is 0 Å². The first-order valence-corrected chi connectivity index (χ1v) is 6.64. The van der Waals surface area contributed by atoms with Gasteiger partial charge in [0.25, 0.3) is 0 Å². The van der Waals surface area contributed by atoms with E-state index in [4.69, 9.17) is 15.2 Å². The van der Waals surface area contributed by atoms with Crippen LogP contribution in [0.3, 0.4) is 0 Å². The van der Waals surface area contributed by atoms with E-state index < -0.39 is 0 Å². The third-order valence-corrected chi connectivity index (χ3v) is 3.75. The van der Waals surface area contributed by atoms with E-state index in [0.29, 0.717) is 6.54 Å². The van der Waals surface area contributed by atoms with Crippen LogP contribution in [-0.2, 0) is 11.3 Å². The Morgan fingerprint density at radius 1 is 1.30 bits per heavy atom. The van der Waals surface area contributed by atoms with Gasteiger partial charge in [0, 0.05) is 18.5 Å². The molecule has 3 rings (SSSR count). The van der Waals surface area contributed by atoms with Crippen LogP contribution >= 0.6 is 12.4 Å². The molecule has 1 aromatic carbocycles. The summed E-state index contributed by atoms with van der Waals surface area (Å²) >= 11 is 0. The molecular weight excluding hydrogens is 280 g/mol. The molecule has 1 saturated carbocycles. The van der Waals surface area contributed by atoms with Gasteiger partial charge >= 0.3 is 0 Å². The summed E-state index contributed by atoms with van der Waals surface area (Å²) in [7, 11) is 0. The van der Waals surface area contributed by atoms with Gasteiger partial charge in [-0.1, -0.05) is 6.07 Å². The minimum Gasteiger partial charge on any atom is -0.454 e. The van der Waals surface area contributed by atoms with Crippen molar-refractivity contribution in [1.82, 2.24) is 5.32 Å². The number of benzene rings is 1. The van der Waals surface area contributed by atoms with Crippen molar-refractivity contribution in [3.8, 4) is 11.5 Å². The summed E-state index contributed by atoms with van der Waals surface area (Å²) in [6.45, 7) is 0.784. The molecule has 6 heteroatoms. The summed E-state index contributed by atoms with van der Waals surface area (Å²) in [6.07, 6.45) is 2.64. The van der Waals surface area contributed by atoms with Crippen molar-refractivity contribution < 1.29 is 14.3 Å². The van der Waals surface area contributed by atoms with Gasteiger partial charge in [0.2, 0.25) is 12.7 Å². The van der Waals surface area contributed by atoms with E-state index in [2.05, 4.69) is 5.32 Å². The summed E-state index contributed by atoms with van der Waals surface area (Å²) < 4.78 is 10.6. The maximum absolute atomic E-state index is 12.0. The molecule has 0 saturated heterocycles. The molecular formula is C14H19ClN2O3. The average molecular weight is 299 g/mol. The van der Waals surface area contributed by atoms with E-state index in [1.54, 1.807) is 0 Å². The van der Waals surface area contributed by atoms with Crippen LogP contribution < -0.4 is 20.5 Å². The average Bonchev–Trinajstić information content (AvgIpc) is 3.03. The van der Waals surface area contributed by atoms with Gasteiger partial charge in [0.1, 0.15) is 0 Å². The summed E-state index contributed by atoms with van der Waals surface area (Å²) in [4.78, 5) is 12.0. The Labute approximate surface area is 124 Å². The van der Waals surface area contributed by atoms with Gasteiger partial charge in [0.15, 0.2) is 11.5 Å². The van der Waals surface area contributed by atoms with Crippen molar-refractivity contribution in [3.05, 3.63) is 23.8 Å². The highest BCUT2D eigenvalue weighted by molar-refractivity contribution is 5.85. The standard InChI is InChI=1S/C14H18N2O3.ClH/c15-11-3-2-10(6-11)14(17)16-7-9-1-4-12-13(5-9)19-8-18-12;/h1,4-5,10-11H,2-3,6-8,15H2,(H,16,17);1H. The molecule has 1 aliphatic carbocycles. The largest absolute Gasteiger partial charge is 0.454 e. The normalized spacial score (nSPS) is 23.2. The summed E-state index contributed by atoms with van der Waals surface area (Å²) in [6, 6.07) is 5.90. The van der Waals surface area contributed by atoms with Crippen molar-refractivity contribution in [2.45, 2.75) is 31.8 Å². The number of fused-ring (bicyclic) bond motifs is 1. The topological polar surface area (TPSA) is 73.6 Å². The molecule has 20 heavy (non-hydrogen) atoms. The SMILES string of the molecule is Cl.NC1CCC(C(=O)NCc2ccc3c(c2)OCO3)C1. The Hall–Kier alpha value is -1.46. The molecule has 1 amide bonds. The van der Waals surface area contributed by atoms with Crippen LogP contribution in [0.1, 0.15) is 24.8 Å². The van der Waals surface area contributed by atoms with E-state index in [1.165, 1.54) is 0 Å². The van der Waals surface area contributed by atoms with Crippen LogP contribution in [0.15, 0.2) is 18.2 Å². The number of rotatable bonds is 3. The smallest absolute Gasteiger partial charge is 0.231 e. The highest BCUT2D eigenvalue weighted by Gasteiger charge is 2.27. The molecule has 0 radical (unpaired) electrons. The van der Waals surface area contributed by atoms with Crippen LogP contribution in [0.5, 0.6) is 11.5 Å². The monoisotopic (exact) mass is 298 g/mol. The highest BCUT2D eigenvalue weighted by Crippen LogP contribution is 2.32.